The zero-order chi connectivity index (χ0) is 19.0. The Morgan fingerprint density at radius 1 is 1.19 bits per heavy atom. The fourth-order valence-corrected chi connectivity index (χ4v) is 3.14. The van der Waals surface area contributed by atoms with Crippen LogP contribution in [0.2, 0.25) is 10.0 Å². The van der Waals surface area contributed by atoms with Crippen LogP contribution in [0.1, 0.15) is 21.8 Å². The molecule has 6 nitrogen and oxygen atoms in total. The van der Waals surface area contributed by atoms with Crippen LogP contribution >= 0.6 is 23.2 Å². The molecule has 3 heterocycles. The highest BCUT2D eigenvalue weighted by molar-refractivity contribution is 6.33. The number of hydrogen-bond acceptors (Lipinski definition) is 5. The molecule has 0 spiro atoms. The zero-order valence-corrected chi connectivity index (χ0v) is 15.7. The molecule has 0 amide bonds. The van der Waals surface area contributed by atoms with E-state index in [-0.39, 0.29) is 12.2 Å². The van der Waals surface area contributed by atoms with Crippen LogP contribution in [0, 0.1) is 6.92 Å². The van der Waals surface area contributed by atoms with Crippen LogP contribution in [-0.4, -0.2) is 20.5 Å². The summed E-state index contributed by atoms with van der Waals surface area (Å²) in [5, 5.41) is 5.03. The Hall–Kier alpha value is -2.83. The largest absolute Gasteiger partial charge is 0.455 e. The molecule has 0 bridgehead atoms. The minimum absolute atomic E-state index is 0.00468. The third-order valence-electron chi connectivity index (χ3n) is 4.01. The Morgan fingerprint density at radius 3 is 2.81 bits per heavy atom. The first kappa shape index (κ1) is 17.6. The molecule has 0 fully saturated rings. The fourth-order valence-electron chi connectivity index (χ4n) is 2.75. The summed E-state index contributed by atoms with van der Waals surface area (Å²) >= 11 is 12.2. The van der Waals surface area contributed by atoms with Gasteiger partial charge in [0.25, 0.3) is 0 Å². The van der Waals surface area contributed by atoms with E-state index < -0.39 is 5.97 Å². The van der Waals surface area contributed by atoms with Gasteiger partial charge in [0.15, 0.2) is 0 Å². The number of rotatable bonds is 4. The van der Waals surface area contributed by atoms with Crippen molar-refractivity contribution in [1.29, 1.82) is 0 Å². The van der Waals surface area contributed by atoms with Gasteiger partial charge in [0.05, 0.1) is 15.7 Å². The fraction of sp³-hybridized carbons (Fsp3) is 0.105. The van der Waals surface area contributed by atoms with Gasteiger partial charge in [-0.15, -0.1) is 0 Å². The van der Waals surface area contributed by atoms with Gasteiger partial charge in [-0.3, -0.25) is 0 Å². The van der Waals surface area contributed by atoms with Crippen molar-refractivity contribution in [2.24, 2.45) is 0 Å². The number of fused-ring (bicyclic) bond motifs is 1. The standard InChI is InChI=1S/C19H13Cl2N3O3/c1-11-17(18(23-27-11)14-4-2-3-5-15(14)21)19(25)26-10-13-9-24-8-12(20)6-7-16(24)22-13/h2-9H,10H2,1H3. The summed E-state index contributed by atoms with van der Waals surface area (Å²) in [4.78, 5) is 17.0. The smallest absolute Gasteiger partial charge is 0.344 e. The first-order valence-corrected chi connectivity index (χ1v) is 8.80. The van der Waals surface area contributed by atoms with Gasteiger partial charge in [0.2, 0.25) is 0 Å². The molecular formula is C19H13Cl2N3O3. The lowest BCUT2D eigenvalue weighted by Crippen LogP contribution is -2.07. The average molecular weight is 402 g/mol. The molecule has 0 aliphatic rings. The van der Waals surface area contributed by atoms with Crippen LogP contribution in [-0.2, 0) is 11.3 Å². The monoisotopic (exact) mass is 401 g/mol. The number of aryl methyl sites for hydroxylation is 1. The van der Waals surface area contributed by atoms with E-state index in [1.807, 2.05) is 6.07 Å². The van der Waals surface area contributed by atoms with Crippen LogP contribution in [0.5, 0.6) is 0 Å². The third-order valence-corrected chi connectivity index (χ3v) is 4.56. The topological polar surface area (TPSA) is 69.6 Å². The van der Waals surface area contributed by atoms with E-state index in [1.165, 1.54) is 0 Å². The summed E-state index contributed by atoms with van der Waals surface area (Å²) in [6, 6.07) is 10.6. The molecule has 0 N–H and O–H groups in total. The Balaban J connectivity index is 1.58. The summed E-state index contributed by atoms with van der Waals surface area (Å²) in [5.41, 5.74) is 2.51. The van der Waals surface area contributed by atoms with Gasteiger partial charge in [0.1, 0.15) is 29.3 Å². The quantitative estimate of drug-likeness (QED) is 0.451. The van der Waals surface area contributed by atoms with Crippen LogP contribution in [0.25, 0.3) is 16.9 Å². The van der Waals surface area contributed by atoms with Crippen molar-refractivity contribution < 1.29 is 14.1 Å². The highest BCUT2D eigenvalue weighted by Gasteiger charge is 2.24. The number of pyridine rings is 1. The van der Waals surface area contributed by atoms with Gasteiger partial charge in [-0.05, 0) is 25.1 Å². The molecule has 0 atom stereocenters. The van der Waals surface area contributed by atoms with Gasteiger partial charge in [-0.2, -0.15) is 0 Å². The van der Waals surface area contributed by atoms with Crippen molar-refractivity contribution >= 4 is 34.8 Å². The first-order valence-electron chi connectivity index (χ1n) is 8.04. The molecule has 0 saturated carbocycles. The normalized spacial score (nSPS) is 11.1. The maximum absolute atomic E-state index is 12.7. The number of imidazole rings is 1. The molecule has 136 valence electrons. The van der Waals surface area contributed by atoms with E-state index in [2.05, 4.69) is 10.1 Å². The molecule has 0 aliphatic carbocycles. The van der Waals surface area contributed by atoms with Gasteiger partial charge < -0.3 is 13.7 Å². The van der Waals surface area contributed by atoms with Crippen molar-refractivity contribution in [3.8, 4) is 11.3 Å². The lowest BCUT2D eigenvalue weighted by atomic mass is 10.1. The molecule has 4 aromatic rings. The average Bonchev–Trinajstić information content (AvgIpc) is 3.23. The number of ether oxygens (including phenoxy) is 1. The number of carbonyl (C=O) groups excluding carboxylic acids is 1. The molecule has 3 aromatic heterocycles. The van der Waals surface area contributed by atoms with Crippen molar-refractivity contribution in [3.63, 3.8) is 0 Å². The highest BCUT2D eigenvalue weighted by atomic mass is 35.5. The maximum Gasteiger partial charge on any atom is 0.344 e. The Bertz CT molecular complexity index is 1150. The number of benzene rings is 1. The van der Waals surface area contributed by atoms with E-state index in [0.717, 1.165) is 0 Å². The second kappa shape index (κ2) is 7.06. The number of carbonyl (C=O) groups is 1. The molecular weight excluding hydrogens is 389 g/mol. The summed E-state index contributed by atoms with van der Waals surface area (Å²) in [6.45, 7) is 1.65. The Kier molecular flexibility index (Phi) is 4.59. The van der Waals surface area contributed by atoms with Crippen molar-refractivity contribution in [3.05, 3.63) is 75.9 Å². The second-order valence-corrected chi connectivity index (χ2v) is 6.71. The van der Waals surface area contributed by atoms with E-state index in [4.69, 9.17) is 32.5 Å². The summed E-state index contributed by atoms with van der Waals surface area (Å²) in [5.74, 6) is -0.199. The molecule has 8 heteroatoms. The van der Waals surface area contributed by atoms with E-state index >= 15 is 0 Å². The second-order valence-electron chi connectivity index (χ2n) is 5.86. The molecule has 0 unspecified atom stereocenters. The minimum Gasteiger partial charge on any atom is -0.455 e. The Morgan fingerprint density at radius 2 is 2.00 bits per heavy atom. The summed E-state index contributed by atoms with van der Waals surface area (Å²) in [7, 11) is 0. The third kappa shape index (κ3) is 3.41. The van der Waals surface area contributed by atoms with E-state index in [1.54, 1.807) is 54.0 Å². The molecule has 0 aliphatic heterocycles. The van der Waals surface area contributed by atoms with Gasteiger partial charge in [-0.1, -0.05) is 46.6 Å². The van der Waals surface area contributed by atoms with Crippen LogP contribution in [0.4, 0.5) is 0 Å². The summed E-state index contributed by atoms with van der Waals surface area (Å²) < 4.78 is 12.4. The number of halogens is 2. The predicted octanol–water partition coefficient (Wildman–Crippen LogP) is 4.96. The summed E-state index contributed by atoms with van der Waals surface area (Å²) in [6.07, 6.45) is 3.48. The maximum atomic E-state index is 12.7. The van der Waals surface area contributed by atoms with Gasteiger partial charge in [-0.25, -0.2) is 9.78 Å². The number of hydrogen-bond donors (Lipinski definition) is 0. The van der Waals surface area contributed by atoms with Crippen molar-refractivity contribution in [2.75, 3.05) is 0 Å². The minimum atomic E-state index is -0.557. The molecule has 0 saturated heterocycles. The molecule has 4 rings (SSSR count). The lowest BCUT2D eigenvalue weighted by Gasteiger charge is -2.05. The van der Waals surface area contributed by atoms with Crippen LogP contribution in [0.15, 0.2) is 53.3 Å². The van der Waals surface area contributed by atoms with Crippen molar-refractivity contribution in [2.45, 2.75) is 13.5 Å². The highest BCUT2D eigenvalue weighted by Crippen LogP contribution is 2.31. The number of esters is 1. The SMILES string of the molecule is Cc1onc(-c2ccccc2Cl)c1C(=O)OCc1cn2cc(Cl)ccc2n1. The number of aromatic nitrogens is 3. The Labute approximate surface area is 164 Å². The molecule has 1 aromatic carbocycles. The van der Waals surface area contributed by atoms with E-state index in [9.17, 15) is 4.79 Å². The first-order chi connectivity index (χ1) is 13.0. The molecule has 27 heavy (non-hydrogen) atoms. The van der Waals surface area contributed by atoms with E-state index in [0.29, 0.717) is 38.4 Å². The molecule has 0 radical (unpaired) electrons. The lowest BCUT2D eigenvalue weighted by molar-refractivity contribution is 0.0467. The predicted molar refractivity (Wildman–Crippen MR) is 101 cm³/mol. The van der Waals surface area contributed by atoms with Gasteiger partial charge >= 0.3 is 5.97 Å². The zero-order valence-electron chi connectivity index (χ0n) is 14.1. The van der Waals surface area contributed by atoms with Crippen LogP contribution in [0.3, 0.4) is 0 Å². The van der Waals surface area contributed by atoms with Crippen molar-refractivity contribution in [1.82, 2.24) is 14.5 Å². The number of nitrogens with zero attached hydrogens (tertiary/aromatic N) is 3. The van der Waals surface area contributed by atoms with Gasteiger partial charge in [0, 0.05) is 18.0 Å². The van der Waals surface area contributed by atoms with Crippen LogP contribution < -0.4 is 0 Å².